The lowest BCUT2D eigenvalue weighted by molar-refractivity contribution is -0.284. The topological polar surface area (TPSA) is 160 Å². The number of allylic oxidation sites excluding steroid dienone is 1. The van der Waals surface area contributed by atoms with E-state index < -0.39 is 75.3 Å². The lowest BCUT2D eigenvalue weighted by atomic mass is 9.32. The minimum absolute atomic E-state index is 0.00595. The maximum absolute atomic E-state index is 15.7. The van der Waals surface area contributed by atoms with E-state index in [-0.39, 0.29) is 36.1 Å². The third kappa shape index (κ3) is 4.84. The molecule has 13 rings (SSSR count). The van der Waals surface area contributed by atoms with Gasteiger partial charge in [-0.1, -0.05) is 45.1 Å². The number of nitrogens with one attached hydrogen (secondary N) is 1. The minimum atomic E-state index is -1.40. The molecule has 63 heavy (non-hydrogen) atoms. The van der Waals surface area contributed by atoms with Crippen molar-refractivity contribution in [3.8, 4) is 0 Å². The van der Waals surface area contributed by atoms with Gasteiger partial charge in [-0.25, -0.2) is 4.79 Å². The molecule has 12 nitrogen and oxygen atoms in total. The normalized spacial score (nSPS) is 51.2. The van der Waals surface area contributed by atoms with Crippen LogP contribution >= 0.6 is 0 Å². The van der Waals surface area contributed by atoms with Crippen LogP contribution in [-0.4, -0.2) is 94.3 Å². The number of aliphatic hydroxyl groups excluding tert-OH is 2. The molecule has 3 spiro atoms. The maximum atomic E-state index is 15.7. The number of esters is 2. The van der Waals surface area contributed by atoms with Gasteiger partial charge in [-0.2, -0.15) is 0 Å². The molecule has 12 heteroatoms. The van der Waals surface area contributed by atoms with Gasteiger partial charge in [0, 0.05) is 40.8 Å². The summed E-state index contributed by atoms with van der Waals surface area (Å²) >= 11 is 0. The summed E-state index contributed by atoms with van der Waals surface area (Å²) in [5.41, 5.74) is -5.03. The summed E-state index contributed by atoms with van der Waals surface area (Å²) in [6.45, 7) is 8.16. The van der Waals surface area contributed by atoms with Gasteiger partial charge >= 0.3 is 11.9 Å². The first-order valence-electron chi connectivity index (χ1n) is 25.2. The van der Waals surface area contributed by atoms with Crippen LogP contribution in [0.3, 0.4) is 0 Å². The fourth-order valence-corrected chi connectivity index (χ4v) is 19.1. The Hall–Kier alpha value is -2.77. The van der Waals surface area contributed by atoms with Gasteiger partial charge in [0.15, 0.2) is 11.9 Å². The molecule has 6 aliphatic carbocycles. The van der Waals surface area contributed by atoms with Crippen molar-refractivity contribution in [1.29, 1.82) is 0 Å². The second-order valence-electron chi connectivity index (χ2n) is 23.8. The smallest absolute Gasteiger partial charge is 0.339 e. The number of aliphatic hydroxyl groups is 2. The van der Waals surface area contributed by atoms with E-state index >= 15 is 4.79 Å². The number of Topliss-reactive ketones (excluding diaryl/α,β-unsaturated/α-hetero) is 1. The number of fused-ring (bicyclic) bond motifs is 6. The number of hydrogen-bond acceptors (Lipinski definition) is 12. The van der Waals surface area contributed by atoms with Crippen molar-refractivity contribution in [2.75, 3.05) is 19.8 Å². The Balaban J connectivity index is 0.906. The summed E-state index contributed by atoms with van der Waals surface area (Å²) in [5, 5.41) is 28.8. The monoisotopic (exact) mass is 868 g/mol. The highest BCUT2D eigenvalue weighted by Crippen LogP contribution is 2.83. The van der Waals surface area contributed by atoms with E-state index in [1.54, 1.807) is 6.26 Å². The zero-order valence-corrected chi connectivity index (χ0v) is 37.4. The fraction of sp³-hybridized carbons (Fsp3) is 0.824. The molecule has 5 saturated heterocycles. The molecule has 0 aromatic carbocycles. The van der Waals surface area contributed by atoms with Gasteiger partial charge in [0.1, 0.15) is 30.2 Å². The Morgan fingerprint density at radius 1 is 0.889 bits per heavy atom. The van der Waals surface area contributed by atoms with Crippen molar-refractivity contribution in [3.05, 3.63) is 35.9 Å². The predicted octanol–water partition coefficient (Wildman–Crippen LogP) is 6.17. The van der Waals surface area contributed by atoms with E-state index in [0.717, 1.165) is 88.7 Å². The standard InChI is InChI=1S/C51H68N2O10/c1-46(2)39-38(55)40(56)50(29-9-5-4-6-10-29)37(49(39)25-60-45(58)48(44(49)63-46)16-7-8-17-48)13-18-47(3)41(61-43(57)42-51(47,50)62-42)30-15-20-59-36(30)23-33-31-21-28-14-19-53-26-52-24-34(53)32(28)22-27(31)11-12-35(33)54/h14-15,19-20,27-29,31-35,37,39-42,44,52,54,56H,4-13,16-18,21-26H2,1-3H3. The Morgan fingerprint density at radius 2 is 1.70 bits per heavy atom. The van der Waals surface area contributed by atoms with E-state index in [0.29, 0.717) is 61.8 Å². The zero-order chi connectivity index (χ0) is 43.1. The van der Waals surface area contributed by atoms with Gasteiger partial charge in [-0.05, 0) is 132 Å². The molecule has 6 aliphatic heterocycles. The highest BCUT2D eigenvalue weighted by molar-refractivity contribution is 5.93. The Labute approximate surface area is 370 Å². The van der Waals surface area contributed by atoms with Gasteiger partial charge in [0.25, 0.3) is 0 Å². The van der Waals surface area contributed by atoms with Crippen molar-refractivity contribution >= 4 is 17.7 Å². The van der Waals surface area contributed by atoms with Gasteiger partial charge < -0.3 is 38.5 Å². The largest absolute Gasteiger partial charge is 0.469 e. The lowest BCUT2D eigenvalue weighted by Gasteiger charge is -2.70. The summed E-state index contributed by atoms with van der Waals surface area (Å²) in [5.74, 6) is 0.766. The van der Waals surface area contributed by atoms with Gasteiger partial charge in [-0.15, -0.1) is 0 Å². The number of ketones is 1. The summed E-state index contributed by atoms with van der Waals surface area (Å²) in [7, 11) is 0. The molecule has 342 valence electrons. The highest BCUT2D eigenvalue weighted by atomic mass is 16.7. The zero-order valence-electron chi connectivity index (χ0n) is 37.4. The SMILES string of the molecule is CC1(C)OC2C3(CCCC3)C(=O)OCC23C1C(=O)C(O)C1(C2CCCCC2)C3CCC2(C)C(c3ccoc3CC3C(O)CCC4CC5C(C=CN6CNCC56)CC43)OC(=O)C3OC321. The van der Waals surface area contributed by atoms with Crippen molar-refractivity contribution in [1.82, 2.24) is 10.2 Å². The number of furan rings is 1. The van der Waals surface area contributed by atoms with Crippen molar-refractivity contribution in [2.24, 2.45) is 69.0 Å². The van der Waals surface area contributed by atoms with Crippen LogP contribution in [0.4, 0.5) is 0 Å². The number of ether oxygens (including phenoxy) is 4. The van der Waals surface area contributed by atoms with Crippen LogP contribution in [0, 0.1) is 69.0 Å². The molecular weight excluding hydrogens is 801 g/mol. The van der Waals surface area contributed by atoms with Crippen LogP contribution in [-0.2, 0) is 39.8 Å². The molecular formula is C51H68N2O10. The quantitative estimate of drug-likeness (QED) is 0.234. The molecule has 12 aliphatic rings. The minimum Gasteiger partial charge on any atom is -0.469 e. The van der Waals surface area contributed by atoms with Crippen LogP contribution < -0.4 is 5.32 Å². The van der Waals surface area contributed by atoms with Crippen LogP contribution in [0.15, 0.2) is 29.0 Å². The fourth-order valence-electron chi connectivity index (χ4n) is 19.1. The number of nitrogens with zero attached hydrogens (tertiary/aromatic N) is 1. The average Bonchev–Trinajstić information content (AvgIpc) is 3.72. The Bertz CT molecular complexity index is 2120. The second-order valence-corrected chi connectivity index (χ2v) is 23.8. The number of epoxide rings is 1. The average molecular weight is 869 g/mol. The first-order valence-corrected chi connectivity index (χ1v) is 25.2. The van der Waals surface area contributed by atoms with Crippen LogP contribution in [0.5, 0.6) is 0 Å². The molecule has 6 saturated carbocycles. The van der Waals surface area contributed by atoms with E-state index in [4.69, 9.17) is 23.4 Å². The molecule has 11 fully saturated rings. The summed E-state index contributed by atoms with van der Waals surface area (Å²) in [4.78, 5) is 47.0. The number of carbonyl (C=O) groups excluding carboxylic acids is 3. The van der Waals surface area contributed by atoms with Gasteiger partial charge in [0.2, 0.25) is 0 Å². The number of carbonyl (C=O) groups is 3. The van der Waals surface area contributed by atoms with Crippen LogP contribution in [0.25, 0.3) is 0 Å². The summed E-state index contributed by atoms with van der Waals surface area (Å²) < 4.78 is 33.8. The van der Waals surface area contributed by atoms with Crippen LogP contribution in [0.1, 0.15) is 135 Å². The third-order valence-corrected chi connectivity index (χ3v) is 21.3. The van der Waals surface area contributed by atoms with Crippen molar-refractivity contribution in [3.63, 3.8) is 0 Å². The predicted molar refractivity (Wildman–Crippen MR) is 226 cm³/mol. The first kappa shape index (κ1) is 40.5. The number of rotatable bonds is 4. The molecule has 3 N–H and O–H groups in total. The third-order valence-electron chi connectivity index (χ3n) is 21.3. The van der Waals surface area contributed by atoms with Crippen LogP contribution in [0.2, 0.25) is 0 Å². The van der Waals surface area contributed by atoms with Crippen molar-refractivity contribution in [2.45, 2.75) is 171 Å². The highest BCUT2D eigenvalue weighted by Gasteiger charge is 2.93. The van der Waals surface area contributed by atoms with E-state index in [2.05, 4.69) is 29.4 Å². The summed E-state index contributed by atoms with van der Waals surface area (Å²) in [6, 6.07) is 2.51. The van der Waals surface area contributed by atoms with Crippen molar-refractivity contribution < 1.29 is 48.0 Å². The van der Waals surface area contributed by atoms with E-state index in [1.807, 2.05) is 19.9 Å². The summed E-state index contributed by atoms with van der Waals surface area (Å²) in [6.07, 6.45) is 16.0. The molecule has 17 unspecified atom stereocenters. The molecule has 7 heterocycles. The van der Waals surface area contributed by atoms with E-state index in [1.165, 1.54) is 6.42 Å². The lowest BCUT2D eigenvalue weighted by Crippen LogP contribution is -2.79. The maximum Gasteiger partial charge on any atom is 0.339 e. The van der Waals surface area contributed by atoms with Gasteiger partial charge in [0.05, 0.1) is 42.1 Å². The molecule has 0 amide bonds. The van der Waals surface area contributed by atoms with Gasteiger partial charge in [-0.3, -0.25) is 14.9 Å². The Kier molecular flexibility index (Phi) is 8.64. The Morgan fingerprint density at radius 3 is 2.51 bits per heavy atom. The molecule has 17 atom stereocenters. The van der Waals surface area contributed by atoms with E-state index in [9.17, 15) is 19.8 Å². The number of cyclic esters (lactones) is 2. The molecule has 0 bridgehead atoms. The first-order chi connectivity index (χ1) is 30.3. The second kappa shape index (κ2) is 13.4. The molecule has 1 aromatic rings. The number of hydrogen-bond donors (Lipinski definition) is 3. The molecule has 0 radical (unpaired) electrons. The molecule has 1 aromatic heterocycles.